The zero-order valence-electron chi connectivity index (χ0n) is 14.3. The molecule has 0 spiro atoms. The number of methoxy groups -OCH3 is 2. The van der Waals surface area contributed by atoms with Gasteiger partial charge < -0.3 is 19.8 Å². The summed E-state index contributed by atoms with van der Waals surface area (Å²) in [6, 6.07) is 10.3. The van der Waals surface area contributed by atoms with Crippen molar-refractivity contribution in [2.24, 2.45) is 0 Å². The first-order valence-electron chi connectivity index (χ1n) is 8.06. The van der Waals surface area contributed by atoms with Gasteiger partial charge in [-0.3, -0.25) is 0 Å². The predicted molar refractivity (Wildman–Crippen MR) is 98.2 cm³/mol. The summed E-state index contributed by atoms with van der Waals surface area (Å²) >= 11 is 0. The molecule has 2 aromatic carbocycles. The first-order valence-corrected chi connectivity index (χ1v) is 8.06. The van der Waals surface area contributed by atoms with E-state index >= 15 is 0 Å². The number of benzene rings is 2. The van der Waals surface area contributed by atoms with Gasteiger partial charge in [-0.2, -0.15) is 0 Å². The average Bonchev–Trinajstić information content (AvgIpc) is 3.04. The van der Waals surface area contributed by atoms with Crippen molar-refractivity contribution in [3.05, 3.63) is 54.1 Å². The molecular formula is C19H17FN4O2. The Morgan fingerprint density at radius 1 is 1.04 bits per heavy atom. The Morgan fingerprint density at radius 3 is 2.69 bits per heavy atom. The lowest BCUT2D eigenvalue weighted by Crippen LogP contribution is -2.03. The van der Waals surface area contributed by atoms with E-state index in [1.165, 1.54) is 18.5 Å². The largest absolute Gasteiger partial charge is 0.493 e. The molecule has 0 unspecified atom stereocenters. The van der Waals surface area contributed by atoms with Gasteiger partial charge in [0.25, 0.3) is 0 Å². The van der Waals surface area contributed by atoms with Crippen LogP contribution in [0.5, 0.6) is 11.5 Å². The van der Waals surface area contributed by atoms with Gasteiger partial charge in [0.15, 0.2) is 17.3 Å². The minimum atomic E-state index is -0.295. The molecule has 0 fully saturated rings. The van der Waals surface area contributed by atoms with Gasteiger partial charge in [-0.1, -0.05) is 6.07 Å². The lowest BCUT2D eigenvalue weighted by Gasteiger charge is -2.11. The van der Waals surface area contributed by atoms with Gasteiger partial charge in [0, 0.05) is 17.4 Å². The molecule has 2 aromatic heterocycles. The number of nitrogens with zero attached hydrogens (tertiary/aromatic N) is 2. The van der Waals surface area contributed by atoms with Crippen molar-refractivity contribution in [1.82, 2.24) is 15.0 Å². The molecule has 26 heavy (non-hydrogen) atoms. The number of hydrogen-bond donors (Lipinski definition) is 2. The Balaban J connectivity index is 1.66. The Hall–Kier alpha value is -3.35. The van der Waals surface area contributed by atoms with Gasteiger partial charge in [-0.15, -0.1) is 0 Å². The number of hydrogen-bond acceptors (Lipinski definition) is 5. The van der Waals surface area contributed by atoms with Gasteiger partial charge in [0.05, 0.1) is 14.2 Å². The second-order valence-corrected chi connectivity index (χ2v) is 5.80. The van der Waals surface area contributed by atoms with Crippen LogP contribution in [0.2, 0.25) is 0 Å². The fourth-order valence-electron chi connectivity index (χ4n) is 2.97. The van der Waals surface area contributed by atoms with Crippen LogP contribution in [0.15, 0.2) is 42.7 Å². The van der Waals surface area contributed by atoms with Gasteiger partial charge in [0.1, 0.15) is 23.2 Å². The summed E-state index contributed by atoms with van der Waals surface area (Å²) in [6.07, 6.45) is 1.47. The first kappa shape index (κ1) is 16.1. The summed E-state index contributed by atoms with van der Waals surface area (Å²) in [5.74, 6) is 1.71. The summed E-state index contributed by atoms with van der Waals surface area (Å²) in [5, 5.41) is 4.03. The molecule has 2 N–H and O–H groups in total. The van der Waals surface area contributed by atoms with E-state index in [-0.39, 0.29) is 5.82 Å². The average molecular weight is 352 g/mol. The highest BCUT2D eigenvalue weighted by Gasteiger charge is 2.11. The van der Waals surface area contributed by atoms with Crippen molar-refractivity contribution in [3.8, 4) is 11.5 Å². The Bertz CT molecular complexity index is 1090. The minimum absolute atomic E-state index is 0.295. The molecule has 4 aromatic rings. The smallest absolute Gasteiger partial charge is 0.161 e. The number of anilines is 1. The van der Waals surface area contributed by atoms with Crippen LogP contribution in [-0.2, 0) is 6.54 Å². The van der Waals surface area contributed by atoms with Gasteiger partial charge in [-0.25, -0.2) is 14.4 Å². The molecule has 0 radical (unpaired) electrons. The second kappa shape index (κ2) is 6.51. The third kappa shape index (κ3) is 2.77. The first-order chi connectivity index (χ1) is 12.7. The van der Waals surface area contributed by atoms with Gasteiger partial charge in [-0.05, 0) is 35.9 Å². The van der Waals surface area contributed by atoms with Crippen molar-refractivity contribution >= 4 is 27.8 Å². The number of ether oxygens (including phenoxy) is 2. The molecule has 2 heterocycles. The third-order valence-electron chi connectivity index (χ3n) is 4.25. The summed E-state index contributed by atoms with van der Waals surface area (Å²) in [4.78, 5) is 11.9. The zero-order chi connectivity index (χ0) is 18.1. The number of fused-ring (bicyclic) bond motifs is 3. The Labute approximate surface area is 149 Å². The van der Waals surface area contributed by atoms with Crippen LogP contribution in [-0.4, -0.2) is 29.2 Å². The maximum atomic E-state index is 13.6. The van der Waals surface area contributed by atoms with Crippen LogP contribution in [0.4, 0.5) is 10.2 Å². The van der Waals surface area contributed by atoms with Crippen LogP contribution >= 0.6 is 0 Å². The molecular weight excluding hydrogens is 335 g/mol. The van der Waals surface area contributed by atoms with Crippen LogP contribution < -0.4 is 14.8 Å². The van der Waals surface area contributed by atoms with Crippen LogP contribution in [0.1, 0.15) is 5.56 Å². The lowest BCUT2D eigenvalue weighted by atomic mass is 10.2. The number of halogens is 1. The zero-order valence-corrected chi connectivity index (χ0v) is 14.3. The Kier molecular flexibility index (Phi) is 4.04. The molecule has 0 aliphatic rings. The second-order valence-electron chi connectivity index (χ2n) is 5.80. The van der Waals surface area contributed by atoms with Crippen molar-refractivity contribution in [2.45, 2.75) is 6.54 Å². The van der Waals surface area contributed by atoms with E-state index in [2.05, 4.69) is 20.3 Å². The van der Waals surface area contributed by atoms with E-state index in [0.717, 1.165) is 22.0 Å². The predicted octanol–water partition coefficient (Wildman–Crippen LogP) is 3.88. The number of aromatic amines is 1. The molecule has 0 aliphatic carbocycles. The lowest BCUT2D eigenvalue weighted by molar-refractivity contribution is 0.354. The van der Waals surface area contributed by atoms with Crippen molar-refractivity contribution < 1.29 is 13.9 Å². The topological polar surface area (TPSA) is 72.1 Å². The number of nitrogens with one attached hydrogen (secondary N) is 2. The molecule has 7 heteroatoms. The third-order valence-corrected chi connectivity index (χ3v) is 4.25. The maximum Gasteiger partial charge on any atom is 0.161 e. The molecule has 4 rings (SSSR count). The maximum absolute atomic E-state index is 13.6. The summed E-state index contributed by atoms with van der Waals surface area (Å²) in [5.41, 5.74) is 3.26. The molecule has 0 bridgehead atoms. The summed E-state index contributed by atoms with van der Waals surface area (Å²) in [7, 11) is 3.21. The van der Waals surface area contributed by atoms with E-state index in [0.29, 0.717) is 29.4 Å². The van der Waals surface area contributed by atoms with Gasteiger partial charge >= 0.3 is 0 Å². The normalized spacial score (nSPS) is 11.0. The standard InChI is InChI=1S/C19H17FN4O2/c1-25-15-6-3-11(7-16(15)26-2)9-21-19-18-17(22-10-23-19)13-8-12(20)4-5-14(13)24-18/h3-8,10,24H,9H2,1-2H3,(H,21,22,23). The quantitative estimate of drug-likeness (QED) is 0.570. The SMILES string of the molecule is COc1ccc(CNc2ncnc3c2[nH]c2ccc(F)cc23)cc1OC. The molecule has 132 valence electrons. The fourth-order valence-corrected chi connectivity index (χ4v) is 2.97. The number of H-pyrrole nitrogens is 1. The van der Waals surface area contributed by atoms with Crippen LogP contribution in [0.25, 0.3) is 21.9 Å². The number of aromatic nitrogens is 3. The highest BCUT2D eigenvalue weighted by molar-refractivity contribution is 6.07. The minimum Gasteiger partial charge on any atom is -0.493 e. The van der Waals surface area contributed by atoms with Gasteiger partial charge in [0.2, 0.25) is 0 Å². The molecule has 0 saturated carbocycles. The molecule has 6 nitrogen and oxygen atoms in total. The van der Waals surface area contributed by atoms with E-state index in [1.54, 1.807) is 20.3 Å². The van der Waals surface area contributed by atoms with Crippen LogP contribution in [0.3, 0.4) is 0 Å². The highest BCUT2D eigenvalue weighted by Crippen LogP contribution is 2.30. The van der Waals surface area contributed by atoms with E-state index < -0.39 is 0 Å². The van der Waals surface area contributed by atoms with Crippen molar-refractivity contribution in [2.75, 3.05) is 19.5 Å². The molecule has 0 aliphatic heterocycles. The van der Waals surface area contributed by atoms with Crippen molar-refractivity contribution in [1.29, 1.82) is 0 Å². The fraction of sp³-hybridized carbons (Fsp3) is 0.158. The van der Waals surface area contributed by atoms with Crippen LogP contribution in [0, 0.1) is 5.82 Å². The Morgan fingerprint density at radius 2 is 1.88 bits per heavy atom. The molecule has 0 amide bonds. The number of rotatable bonds is 5. The highest BCUT2D eigenvalue weighted by atomic mass is 19.1. The molecule has 0 saturated heterocycles. The summed E-state index contributed by atoms with van der Waals surface area (Å²) < 4.78 is 24.1. The van der Waals surface area contributed by atoms with Crippen molar-refractivity contribution in [3.63, 3.8) is 0 Å². The molecule has 0 atom stereocenters. The van der Waals surface area contributed by atoms with E-state index in [9.17, 15) is 4.39 Å². The van der Waals surface area contributed by atoms with E-state index in [1.807, 2.05) is 18.2 Å². The monoisotopic (exact) mass is 352 g/mol. The van der Waals surface area contributed by atoms with E-state index in [4.69, 9.17) is 9.47 Å². The summed E-state index contributed by atoms with van der Waals surface area (Å²) in [6.45, 7) is 0.538.